The highest BCUT2D eigenvalue weighted by Crippen LogP contribution is 2.40. The van der Waals surface area contributed by atoms with E-state index in [1.54, 1.807) is 0 Å². The largest absolute Gasteiger partial charge is 0.496 e. The molecule has 0 amide bonds. The molecule has 0 aromatic heterocycles. The van der Waals surface area contributed by atoms with Gasteiger partial charge in [0, 0.05) is 31.3 Å². The third kappa shape index (κ3) is 3.88. The molecule has 1 aliphatic rings. The molecule has 138 valence electrons. The quantitative estimate of drug-likeness (QED) is 0.806. The Bertz CT molecular complexity index is 628. The van der Waals surface area contributed by atoms with E-state index in [4.69, 9.17) is 19.9 Å². The smallest absolute Gasteiger partial charge is 0.250 e. The molecule has 1 fully saturated rings. The van der Waals surface area contributed by atoms with Gasteiger partial charge in [-0.05, 0) is 12.8 Å². The highest BCUT2D eigenvalue weighted by molar-refractivity contribution is 7.89. The van der Waals surface area contributed by atoms with Crippen LogP contribution in [0.5, 0.6) is 17.2 Å². The van der Waals surface area contributed by atoms with E-state index in [1.165, 1.54) is 37.8 Å². The lowest BCUT2D eigenvalue weighted by atomic mass is 10.1. The summed E-state index contributed by atoms with van der Waals surface area (Å²) < 4.78 is 43.6. The van der Waals surface area contributed by atoms with Crippen LogP contribution in [0.2, 0.25) is 0 Å². The zero-order valence-electron chi connectivity index (χ0n) is 14.1. The number of methoxy groups -OCH3 is 3. The van der Waals surface area contributed by atoms with Crippen LogP contribution in [0.1, 0.15) is 19.3 Å². The van der Waals surface area contributed by atoms with Crippen molar-refractivity contribution in [3.63, 3.8) is 0 Å². The molecule has 0 radical (unpaired) electrons. The van der Waals surface area contributed by atoms with Crippen molar-refractivity contribution in [2.24, 2.45) is 5.73 Å². The number of piperidine rings is 1. The number of sulfonamides is 1. The number of nitrogens with two attached hydrogens (primary N) is 1. The minimum Gasteiger partial charge on any atom is -0.496 e. The number of benzene rings is 1. The molecule has 1 heterocycles. The van der Waals surface area contributed by atoms with Gasteiger partial charge in [-0.2, -0.15) is 4.31 Å². The molecule has 0 aliphatic carbocycles. The maximum absolute atomic E-state index is 13.2. The van der Waals surface area contributed by atoms with E-state index in [0.717, 1.165) is 19.3 Å². The highest BCUT2D eigenvalue weighted by atomic mass is 35.5. The summed E-state index contributed by atoms with van der Waals surface area (Å²) in [5, 5.41) is 0. The van der Waals surface area contributed by atoms with E-state index in [1.807, 2.05) is 0 Å². The standard InChI is InChI=1S/C15H24N2O5S.ClH/c1-20-12-8-13(21-2)15(14(9-12)22-3)23(18,19)17-7-5-4-6-11(17)10-16;/h8-9,11H,4-7,10,16H2,1-3H3;1H. The second-order valence-electron chi connectivity index (χ2n) is 5.36. The van der Waals surface area contributed by atoms with Crippen molar-refractivity contribution in [3.8, 4) is 17.2 Å². The van der Waals surface area contributed by atoms with Gasteiger partial charge < -0.3 is 19.9 Å². The molecule has 0 saturated carbocycles. The summed E-state index contributed by atoms with van der Waals surface area (Å²) in [5.41, 5.74) is 5.77. The van der Waals surface area contributed by atoms with Crippen LogP contribution in [0.15, 0.2) is 17.0 Å². The second kappa shape index (κ2) is 8.75. The van der Waals surface area contributed by atoms with Gasteiger partial charge in [0.1, 0.15) is 17.2 Å². The maximum atomic E-state index is 13.2. The van der Waals surface area contributed by atoms with Crippen molar-refractivity contribution < 1.29 is 22.6 Å². The summed E-state index contributed by atoms with van der Waals surface area (Å²) >= 11 is 0. The predicted molar refractivity (Wildman–Crippen MR) is 93.9 cm³/mol. The van der Waals surface area contributed by atoms with Gasteiger partial charge in [0.05, 0.1) is 21.3 Å². The third-order valence-electron chi connectivity index (χ3n) is 4.08. The minimum atomic E-state index is -3.79. The molecular weight excluding hydrogens is 356 g/mol. The lowest BCUT2D eigenvalue weighted by molar-refractivity contribution is 0.255. The summed E-state index contributed by atoms with van der Waals surface area (Å²) in [5.74, 6) is 0.858. The van der Waals surface area contributed by atoms with Crippen LogP contribution in [-0.4, -0.2) is 53.2 Å². The van der Waals surface area contributed by atoms with E-state index in [0.29, 0.717) is 18.8 Å². The number of halogens is 1. The second-order valence-corrected chi connectivity index (χ2v) is 7.19. The Hall–Kier alpha value is -1.22. The summed E-state index contributed by atoms with van der Waals surface area (Å²) in [4.78, 5) is 0.0173. The highest BCUT2D eigenvalue weighted by Gasteiger charge is 2.37. The molecule has 1 aromatic rings. The van der Waals surface area contributed by atoms with Crippen LogP contribution in [0.4, 0.5) is 0 Å². The van der Waals surface area contributed by atoms with Crippen LogP contribution < -0.4 is 19.9 Å². The van der Waals surface area contributed by atoms with Crippen LogP contribution in [0.3, 0.4) is 0 Å². The van der Waals surface area contributed by atoms with Crippen molar-refractivity contribution in [1.82, 2.24) is 4.31 Å². The van der Waals surface area contributed by atoms with Crippen molar-refractivity contribution >= 4 is 22.4 Å². The first-order chi connectivity index (χ1) is 11.0. The monoisotopic (exact) mass is 380 g/mol. The van der Waals surface area contributed by atoms with E-state index < -0.39 is 10.0 Å². The first-order valence-corrected chi connectivity index (χ1v) is 8.95. The van der Waals surface area contributed by atoms with Crippen LogP contribution in [0, 0.1) is 0 Å². The molecule has 1 atom stereocenters. The van der Waals surface area contributed by atoms with Crippen LogP contribution in [-0.2, 0) is 10.0 Å². The summed E-state index contributed by atoms with van der Waals surface area (Å²) in [6.07, 6.45) is 2.55. The van der Waals surface area contributed by atoms with E-state index in [2.05, 4.69) is 0 Å². The lowest BCUT2D eigenvalue weighted by Gasteiger charge is -2.34. The molecule has 1 aliphatic heterocycles. The summed E-state index contributed by atoms with van der Waals surface area (Å²) in [6, 6.07) is 2.87. The Labute approximate surface area is 149 Å². The maximum Gasteiger partial charge on any atom is 0.250 e. The molecule has 1 aromatic carbocycles. The lowest BCUT2D eigenvalue weighted by Crippen LogP contribution is -2.47. The third-order valence-corrected chi connectivity index (χ3v) is 6.10. The summed E-state index contributed by atoms with van der Waals surface area (Å²) in [7, 11) is 0.552. The van der Waals surface area contributed by atoms with Gasteiger partial charge in [-0.3, -0.25) is 0 Å². The van der Waals surface area contributed by atoms with E-state index >= 15 is 0 Å². The summed E-state index contributed by atoms with van der Waals surface area (Å²) in [6.45, 7) is 0.739. The topological polar surface area (TPSA) is 91.1 Å². The average molecular weight is 381 g/mol. The Morgan fingerprint density at radius 3 is 2.17 bits per heavy atom. The fraction of sp³-hybridized carbons (Fsp3) is 0.600. The Morgan fingerprint density at radius 1 is 1.12 bits per heavy atom. The predicted octanol–water partition coefficient (Wildman–Crippen LogP) is 1.64. The SMILES string of the molecule is COc1cc(OC)c(S(=O)(=O)N2CCCCC2CN)c(OC)c1.Cl. The number of nitrogens with zero attached hydrogens (tertiary/aromatic N) is 1. The van der Waals surface area contributed by atoms with Gasteiger partial charge in [-0.25, -0.2) is 8.42 Å². The number of hydrogen-bond donors (Lipinski definition) is 1. The molecule has 2 rings (SSSR count). The zero-order chi connectivity index (χ0) is 17.0. The first-order valence-electron chi connectivity index (χ1n) is 7.51. The fourth-order valence-electron chi connectivity index (χ4n) is 2.87. The van der Waals surface area contributed by atoms with Crippen molar-refractivity contribution in [2.75, 3.05) is 34.4 Å². The molecule has 1 saturated heterocycles. The Morgan fingerprint density at radius 2 is 1.71 bits per heavy atom. The normalized spacial score (nSPS) is 18.6. The molecule has 1 unspecified atom stereocenters. The molecule has 24 heavy (non-hydrogen) atoms. The molecular formula is C15H25ClN2O5S. The molecule has 2 N–H and O–H groups in total. The number of rotatable bonds is 6. The Kier molecular flexibility index (Phi) is 7.59. The van der Waals surface area contributed by atoms with Crippen LogP contribution >= 0.6 is 12.4 Å². The molecule has 0 spiro atoms. The molecule has 0 bridgehead atoms. The van der Waals surface area contributed by atoms with Gasteiger partial charge in [0.25, 0.3) is 10.0 Å². The van der Waals surface area contributed by atoms with Crippen molar-refractivity contribution in [1.29, 1.82) is 0 Å². The van der Waals surface area contributed by atoms with E-state index in [-0.39, 0.29) is 34.8 Å². The molecule has 9 heteroatoms. The van der Waals surface area contributed by atoms with Crippen molar-refractivity contribution in [3.05, 3.63) is 12.1 Å². The zero-order valence-corrected chi connectivity index (χ0v) is 15.8. The van der Waals surface area contributed by atoms with Crippen molar-refractivity contribution in [2.45, 2.75) is 30.2 Å². The molecule has 7 nitrogen and oxygen atoms in total. The van der Waals surface area contributed by atoms with E-state index in [9.17, 15) is 8.42 Å². The van der Waals surface area contributed by atoms with Gasteiger partial charge >= 0.3 is 0 Å². The fourth-order valence-corrected chi connectivity index (χ4v) is 4.85. The van der Waals surface area contributed by atoms with Gasteiger partial charge in [-0.1, -0.05) is 6.42 Å². The van der Waals surface area contributed by atoms with Crippen LogP contribution in [0.25, 0.3) is 0 Å². The van der Waals surface area contributed by atoms with Gasteiger partial charge in [0.2, 0.25) is 0 Å². The van der Waals surface area contributed by atoms with Gasteiger partial charge in [0.15, 0.2) is 4.90 Å². The van der Waals surface area contributed by atoms with Gasteiger partial charge in [-0.15, -0.1) is 12.4 Å². The number of ether oxygens (including phenoxy) is 3. The minimum absolute atomic E-state index is 0. The first kappa shape index (κ1) is 20.8. The average Bonchev–Trinajstić information content (AvgIpc) is 2.60. The Balaban J connectivity index is 0.00000288. The number of hydrogen-bond acceptors (Lipinski definition) is 6.